The third kappa shape index (κ3) is 1.89. The first-order valence-corrected chi connectivity index (χ1v) is 5.73. The van der Waals surface area contributed by atoms with Crippen molar-refractivity contribution in [3.05, 3.63) is 29.6 Å². The fraction of sp³-hybridized carbons (Fsp3) is 0.500. The molecule has 0 amide bonds. The first-order valence-electron chi connectivity index (χ1n) is 5.19. The highest BCUT2D eigenvalue weighted by Crippen LogP contribution is 2.41. The van der Waals surface area contributed by atoms with Gasteiger partial charge in [-0.1, -0.05) is 0 Å². The monoisotopic (exact) mass is 244 g/mol. The van der Waals surface area contributed by atoms with Gasteiger partial charge >= 0.3 is 0 Å². The fourth-order valence-corrected chi connectivity index (χ4v) is 2.42. The predicted octanol–water partition coefficient (Wildman–Crippen LogP) is 2.73. The van der Waals surface area contributed by atoms with Crippen LogP contribution in [0.15, 0.2) is 18.2 Å². The second-order valence-corrected chi connectivity index (χ2v) is 4.43. The van der Waals surface area contributed by atoms with E-state index in [1.54, 1.807) is 13.2 Å². The minimum atomic E-state index is -0.253. The van der Waals surface area contributed by atoms with Gasteiger partial charge in [0.2, 0.25) is 0 Å². The lowest BCUT2D eigenvalue weighted by molar-refractivity contribution is -0.0625. The molecule has 0 unspecified atom stereocenters. The van der Waals surface area contributed by atoms with Crippen LogP contribution in [0.4, 0.5) is 4.39 Å². The molecular formula is C12H14ClFO2. The number of ether oxygens (including phenoxy) is 2. The largest absolute Gasteiger partial charge is 0.496 e. The molecule has 1 fully saturated rings. The third-order valence-corrected chi connectivity index (χ3v) is 3.25. The Hall–Kier alpha value is -0.800. The van der Waals surface area contributed by atoms with Crippen LogP contribution in [0, 0.1) is 5.82 Å². The van der Waals surface area contributed by atoms with Crippen molar-refractivity contribution >= 4 is 11.6 Å². The van der Waals surface area contributed by atoms with Crippen LogP contribution in [0.25, 0.3) is 0 Å². The first kappa shape index (κ1) is 11.7. The van der Waals surface area contributed by atoms with Gasteiger partial charge in [0, 0.05) is 16.9 Å². The number of benzene rings is 1. The number of halogens is 2. The summed E-state index contributed by atoms with van der Waals surface area (Å²) in [5.74, 6) is 0.981. The zero-order valence-electron chi connectivity index (χ0n) is 9.13. The Morgan fingerprint density at radius 2 is 2.25 bits per heavy atom. The van der Waals surface area contributed by atoms with E-state index in [2.05, 4.69) is 0 Å². The average molecular weight is 245 g/mol. The van der Waals surface area contributed by atoms with Crippen molar-refractivity contribution in [1.29, 1.82) is 0 Å². The maximum Gasteiger partial charge on any atom is 0.123 e. The summed E-state index contributed by atoms with van der Waals surface area (Å²) in [5, 5.41) is 0. The maximum absolute atomic E-state index is 13.3. The summed E-state index contributed by atoms with van der Waals surface area (Å²) in [6.07, 6.45) is 0.772. The van der Waals surface area contributed by atoms with Crippen molar-refractivity contribution in [2.45, 2.75) is 11.8 Å². The van der Waals surface area contributed by atoms with E-state index in [1.807, 2.05) is 0 Å². The molecule has 16 heavy (non-hydrogen) atoms. The quantitative estimate of drug-likeness (QED) is 0.759. The molecule has 0 saturated carbocycles. The molecular weight excluding hydrogens is 231 g/mol. The Balaban J connectivity index is 2.40. The van der Waals surface area contributed by atoms with Crippen LogP contribution < -0.4 is 4.74 Å². The van der Waals surface area contributed by atoms with Gasteiger partial charge in [-0.15, -0.1) is 11.6 Å². The molecule has 0 aromatic heterocycles. The Bertz CT molecular complexity index is 377. The fourth-order valence-electron chi connectivity index (χ4n) is 2.06. The molecule has 0 aliphatic carbocycles. The van der Waals surface area contributed by atoms with Gasteiger partial charge in [-0.25, -0.2) is 4.39 Å². The summed E-state index contributed by atoms with van der Waals surface area (Å²) in [4.78, 5) is 0. The number of hydrogen-bond donors (Lipinski definition) is 0. The maximum atomic E-state index is 13.3. The molecule has 1 aromatic rings. The van der Waals surface area contributed by atoms with Crippen LogP contribution in [-0.2, 0) is 10.2 Å². The number of alkyl halides is 1. The first-order chi connectivity index (χ1) is 7.72. The topological polar surface area (TPSA) is 18.5 Å². The summed E-state index contributed by atoms with van der Waals surface area (Å²) >= 11 is 5.79. The smallest absolute Gasteiger partial charge is 0.123 e. The molecule has 0 atom stereocenters. The lowest BCUT2D eigenvalue weighted by Crippen LogP contribution is -2.47. The Morgan fingerprint density at radius 1 is 1.50 bits per heavy atom. The zero-order chi connectivity index (χ0) is 11.6. The normalized spacial score (nSPS) is 17.9. The molecule has 2 rings (SSSR count). The molecule has 1 aliphatic rings. The summed E-state index contributed by atoms with van der Waals surface area (Å²) in [6.45, 7) is 1.17. The molecule has 0 spiro atoms. The standard InChI is InChI=1S/C12H14ClFO2/c1-15-11-3-2-9(14)6-10(11)12(4-5-13)7-16-8-12/h2-3,6H,4-5,7-8H2,1H3. The van der Waals surface area contributed by atoms with E-state index in [0.717, 1.165) is 12.0 Å². The highest BCUT2D eigenvalue weighted by molar-refractivity contribution is 6.17. The second kappa shape index (κ2) is 4.60. The minimum Gasteiger partial charge on any atom is -0.496 e. The molecule has 1 heterocycles. The van der Waals surface area contributed by atoms with Gasteiger partial charge in [0.05, 0.1) is 20.3 Å². The Labute approximate surface area is 99.3 Å². The van der Waals surface area contributed by atoms with Gasteiger partial charge in [-0.2, -0.15) is 0 Å². The summed E-state index contributed by atoms with van der Waals surface area (Å²) < 4.78 is 23.8. The van der Waals surface area contributed by atoms with Crippen molar-refractivity contribution in [1.82, 2.24) is 0 Å². The molecule has 1 aromatic carbocycles. The van der Waals surface area contributed by atoms with Gasteiger partial charge in [0.25, 0.3) is 0 Å². The predicted molar refractivity (Wildman–Crippen MR) is 60.8 cm³/mol. The van der Waals surface area contributed by atoms with Crippen LogP contribution in [0.3, 0.4) is 0 Å². The van der Waals surface area contributed by atoms with Crippen LogP contribution in [0.5, 0.6) is 5.75 Å². The van der Waals surface area contributed by atoms with Crippen LogP contribution in [0.2, 0.25) is 0 Å². The highest BCUT2D eigenvalue weighted by atomic mass is 35.5. The number of rotatable bonds is 4. The molecule has 0 radical (unpaired) electrons. The second-order valence-electron chi connectivity index (χ2n) is 4.06. The van der Waals surface area contributed by atoms with E-state index in [4.69, 9.17) is 21.1 Å². The van der Waals surface area contributed by atoms with Gasteiger partial charge in [0.1, 0.15) is 11.6 Å². The number of methoxy groups -OCH3 is 1. The van der Waals surface area contributed by atoms with Crippen LogP contribution in [-0.4, -0.2) is 26.2 Å². The van der Waals surface area contributed by atoms with E-state index in [9.17, 15) is 4.39 Å². The molecule has 0 N–H and O–H groups in total. The van der Waals surface area contributed by atoms with Crippen molar-refractivity contribution in [2.75, 3.05) is 26.2 Å². The summed E-state index contributed by atoms with van der Waals surface area (Å²) in [6, 6.07) is 4.57. The highest BCUT2D eigenvalue weighted by Gasteiger charge is 2.41. The van der Waals surface area contributed by atoms with Crippen molar-refractivity contribution in [3.63, 3.8) is 0 Å². The van der Waals surface area contributed by atoms with Gasteiger partial charge < -0.3 is 9.47 Å². The molecule has 1 aliphatic heterocycles. The zero-order valence-corrected chi connectivity index (χ0v) is 9.89. The van der Waals surface area contributed by atoms with Crippen molar-refractivity contribution < 1.29 is 13.9 Å². The van der Waals surface area contributed by atoms with Crippen molar-refractivity contribution in [3.8, 4) is 5.75 Å². The Morgan fingerprint density at radius 3 is 2.75 bits per heavy atom. The SMILES string of the molecule is COc1ccc(F)cc1C1(CCCl)COC1. The lowest BCUT2D eigenvalue weighted by atomic mass is 9.76. The molecule has 88 valence electrons. The van der Waals surface area contributed by atoms with Crippen LogP contribution >= 0.6 is 11.6 Å². The summed E-state index contributed by atoms with van der Waals surface area (Å²) in [5.41, 5.74) is 0.691. The van der Waals surface area contributed by atoms with Gasteiger partial charge in [0.15, 0.2) is 0 Å². The minimum absolute atomic E-state index is 0.171. The van der Waals surface area contributed by atoms with E-state index in [0.29, 0.717) is 24.8 Å². The average Bonchev–Trinajstić information content (AvgIpc) is 2.23. The lowest BCUT2D eigenvalue weighted by Gasteiger charge is -2.42. The van der Waals surface area contributed by atoms with E-state index in [1.165, 1.54) is 12.1 Å². The Kier molecular flexibility index (Phi) is 3.36. The molecule has 1 saturated heterocycles. The molecule has 0 bridgehead atoms. The number of hydrogen-bond acceptors (Lipinski definition) is 2. The van der Waals surface area contributed by atoms with Gasteiger partial charge in [-0.3, -0.25) is 0 Å². The van der Waals surface area contributed by atoms with E-state index in [-0.39, 0.29) is 11.2 Å². The molecule has 2 nitrogen and oxygen atoms in total. The third-order valence-electron chi connectivity index (χ3n) is 3.06. The molecule has 4 heteroatoms. The summed E-state index contributed by atoms with van der Waals surface area (Å²) in [7, 11) is 1.59. The van der Waals surface area contributed by atoms with Crippen LogP contribution in [0.1, 0.15) is 12.0 Å². The van der Waals surface area contributed by atoms with E-state index >= 15 is 0 Å². The van der Waals surface area contributed by atoms with Crippen molar-refractivity contribution in [2.24, 2.45) is 0 Å². The van der Waals surface area contributed by atoms with E-state index < -0.39 is 0 Å². The van der Waals surface area contributed by atoms with Gasteiger partial charge in [-0.05, 0) is 24.6 Å².